The van der Waals surface area contributed by atoms with Gasteiger partial charge in [0.05, 0.1) is 24.5 Å². The number of fused-ring (bicyclic) bond motifs is 2. The highest BCUT2D eigenvalue weighted by Gasteiger charge is 2.66. The molecule has 2 amide bonds. The van der Waals surface area contributed by atoms with Gasteiger partial charge in [0.15, 0.2) is 5.54 Å². The number of aryl methyl sites for hydroxylation is 1. The molecule has 8 nitrogen and oxygen atoms in total. The molecule has 1 N–H and O–H groups in total. The van der Waals surface area contributed by atoms with Crippen molar-refractivity contribution in [2.24, 2.45) is 0 Å². The maximum absolute atomic E-state index is 14.5. The molecule has 38 heavy (non-hydrogen) atoms. The summed E-state index contributed by atoms with van der Waals surface area (Å²) in [4.78, 5) is 47.2. The number of unbranched alkanes of at least 4 members (excludes halogenated alkanes) is 1. The Kier molecular flexibility index (Phi) is 7.36. The molecule has 5 rings (SSSR count). The van der Waals surface area contributed by atoms with Gasteiger partial charge in [-0.1, -0.05) is 61.4 Å². The number of hydrogen-bond acceptors (Lipinski definition) is 6. The van der Waals surface area contributed by atoms with Crippen molar-refractivity contribution in [3.63, 3.8) is 0 Å². The normalized spacial score (nSPS) is 23.1. The minimum absolute atomic E-state index is 0.144. The van der Waals surface area contributed by atoms with Gasteiger partial charge in [0.25, 0.3) is 17.6 Å². The van der Waals surface area contributed by atoms with E-state index in [2.05, 4.69) is 11.8 Å². The number of carbonyl (C=O) groups excluding carboxylic acids is 3. The molecule has 0 aliphatic carbocycles. The van der Waals surface area contributed by atoms with Crippen molar-refractivity contribution in [3.05, 3.63) is 70.8 Å². The van der Waals surface area contributed by atoms with Crippen LogP contribution in [0.4, 0.5) is 5.69 Å². The number of nitrogens with zero attached hydrogens (tertiary/aromatic N) is 3. The summed E-state index contributed by atoms with van der Waals surface area (Å²) in [7, 11) is 0. The third-order valence-corrected chi connectivity index (χ3v) is 7.83. The van der Waals surface area contributed by atoms with Crippen LogP contribution in [0.25, 0.3) is 5.76 Å². The first kappa shape index (κ1) is 26.1. The van der Waals surface area contributed by atoms with Crippen LogP contribution in [0.3, 0.4) is 0 Å². The monoisotopic (exact) mass is 517 g/mol. The van der Waals surface area contributed by atoms with Crippen LogP contribution >= 0.6 is 0 Å². The number of amides is 2. The average molecular weight is 518 g/mol. The molecule has 2 fully saturated rings. The van der Waals surface area contributed by atoms with Crippen LogP contribution < -0.4 is 4.90 Å². The van der Waals surface area contributed by atoms with Gasteiger partial charge >= 0.3 is 0 Å². The van der Waals surface area contributed by atoms with Gasteiger partial charge in [0.1, 0.15) is 5.76 Å². The number of morpholine rings is 1. The van der Waals surface area contributed by atoms with Gasteiger partial charge < -0.3 is 19.6 Å². The molecular formula is C30H35N3O5. The largest absolute Gasteiger partial charge is 0.507 e. The lowest BCUT2D eigenvalue weighted by atomic mass is 9.81. The van der Waals surface area contributed by atoms with Gasteiger partial charge in [0.2, 0.25) is 0 Å². The second-order valence-corrected chi connectivity index (χ2v) is 10.2. The van der Waals surface area contributed by atoms with Crippen molar-refractivity contribution in [2.45, 2.75) is 38.6 Å². The van der Waals surface area contributed by atoms with Crippen molar-refractivity contribution in [1.29, 1.82) is 0 Å². The highest BCUT2D eigenvalue weighted by molar-refractivity contribution is 6.50. The minimum Gasteiger partial charge on any atom is -0.507 e. The molecule has 200 valence electrons. The third-order valence-electron chi connectivity index (χ3n) is 7.83. The van der Waals surface area contributed by atoms with Gasteiger partial charge in [0, 0.05) is 43.9 Å². The van der Waals surface area contributed by atoms with Gasteiger partial charge in [-0.25, -0.2) is 0 Å². The maximum Gasteiger partial charge on any atom is 0.296 e. The molecule has 3 aliphatic heterocycles. The molecule has 2 aromatic rings. The fourth-order valence-electron chi connectivity index (χ4n) is 5.84. The predicted molar refractivity (Wildman–Crippen MR) is 145 cm³/mol. The van der Waals surface area contributed by atoms with Crippen molar-refractivity contribution < 1.29 is 24.2 Å². The molecule has 0 aromatic heterocycles. The van der Waals surface area contributed by atoms with Crippen LogP contribution in [0, 0.1) is 6.92 Å². The Balaban J connectivity index is 1.64. The number of aliphatic hydroxyl groups is 1. The molecule has 1 atom stereocenters. The molecule has 3 aliphatic rings. The number of hydrogen-bond donors (Lipinski definition) is 1. The Hall–Kier alpha value is -3.49. The van der Waals surface area contributed by atoms with Crippen LogP contribution in [-0.4, -0.2) is 78.4 Å². The van der Waals surface area contributed by atoms with E-state index < -0.39 is 17.2 Å². The summed E-state index contributed by atoms with van der Waals surface area (Å²) in [6.45, 7) is 8.34. The van der Waals surface area contributed by atoms with Gasteiger partial charge in [-0.05, 0) is 25.8 Å². The zero-order valence-corrected chi connectivity index (χ0v) is 22.1. The molecular weight excluding hydrogens is 482 g/mol. The van der Waals surface area contributed by atoms with Crippen LogP contribution in [0.15, 0.2) is 54.1 Å². The summed E-state index contributed by atoms with van der Waals surface area (Å²) in [5, 5.41) is 11.6. The van der Waals surface area contributed by atoms with E-state index in [1.165, 1.54) is 4.90 Å². The van der Waals surface area contributed by atoms with Crippen molar-refractivity contribution in [3.8, 4) is 0 Å². The van der Waals surface area contributed by atoms with E-state index in [1.54, 1.807) is 17.0 Å². The second-order valence-electron chi connectivity index (χ2n) is 10.2. The Morgan fingerprint density at radius 1 is 0.947 bits per heavy atom. The SMILES string of the molecule is CCCCN1C(=O)C2(/C(=C(/O)c3ccc(C)cc3)C(=O)C(=O)N2CCCN2CCOCC2)c2ccccc21. The van der Waals surface area contributed by atoms with E-state index in [9.17, 15) is 19.5 Å². The number of ether oxygens (including phenoxy) is 1. The molecule has 3 heterocycles. The highest BCUT2D eigenvalue weighted by Crippen LogP contribution is 2.53. The van der Waals surface area contributed by atoms with E-state index in [-0.39, 0.29) is 23.8 Å². The summed E-state index contributed by atoms with van der Waals surface area (Å²) >= 11 is 0. The van der Waals surface area contributed by atoms with Crippen LogP contribution in [0.2, 0.25) is 0 Å². The highest BCUT2D eigenvalue weighted by atomic mass is 16.5. The zero-order valence-electron chi connectivity index (χ0n) is 22.1. The number of anilines is 1. The Labute approximate surface area is 223 Å². The fraction of sp³-hybridized carbons (Fsp3) is 0.433. The number of para-hydroxylation sites is 1. The lowest BCUT2D eigenvalue weighted by Crippen LogP contribution is -2.52. The number of carbonyl (C=O) groups is 3. The standard InChI is InChI=1S/C30H35N3O5/c1-3-4-15-32-24-9-6-5-8-23(24)30(29(32)37)25(26(34)22-12-10-21(2)11-13-22)27(35)28(36)33(30)16-7-14-31-17-19-38-20-18-31/h5-6,8-13,34H,3-4,7,14-20H2,1-2H3/b26-25+. The first-order valence-corrected chi connectivity index (χ1v) is 13.5. The number of ketones is 1. The molecule has 2 saturated heterocycles. The topological polar surface area (TPSA) is 90.4 Å². The molecule has 1 unspecified atom stereocenters. The van der Waals surface area contributed by atoms with E-state index in [4.69, 9.17) is 4.74 Å². The van der Waals surface area contributed by atoms with Crippen molar-refractivity contribution >= 4 is 29.0 Å². The maximum atomic E-state index is 14.5. The van der Waals surface area contributed by atoms with Gasteiger partial charge in [-0.15, -0.1) is 0 Å². The number of rotatable bonds is 8. The number of aliphatic hydroxyl groups excluding tert-OH is 1. The Morgan fingerprint density at radius 3 is 2.37 bits per heavy atom. The third kappa shape index (κ3) is 4.22. The smallest absolute Gasteiger partial charge is 0.296 e. The Bertz CT molecular complexity index is 1260. The molecule has 1 spiro atoms. The van der Waals surface area contributed by atoms with E-state index >= 15 is 0 Å². The van der Waals surface area contributed by atoms with Crippen molar-refractivity contribution in [2.75, 3.05) is 50.8 Å². The number of benzene rings is 2. The van der Waals surface area contributed by atoms with Crippen LogP contribution in [-0.2, 0) is 24.7 Å². The number of Topliss-reactive ketones (excluding diaryl/α,β-unsaturated/α-hetero) is 1. The zero-order chi connectivity index (χ0) is 26.9. The summed E-state index contributed by atoms with van der Waals surface area (Å²) in [5.74, 6) is -2.25. The lowest BCUT2D eigenvalue weighted by Gasteiger charge is -2.35. The molecule has 0 saturated carbocycles. The fourth-order valence-corrected chi connectivity index (χ4v) is 5.84. The van der Waals surface area contributed by atoms with Crippen LogP contribution in [0.1, 0.15) is 42.9 Å². The first-order valence-electron chi connectivity index (χ1n) is 13.5. The van der Waals surface area contributed by atoms with Crippen molar-refractivity contribution in [1.82, 2.24) is 9.80 Å². The summed E-state index contributed by atoms with van der Waals surface area (Å²) in [6, 6.07) is 14.4. The molecule has 0 radical (unpaired) electrons. The molecule has 8 heteroatoms. The Morgan fingerprint density at radius 2 is 1.66 bits per heavy atom. The summed E-state index contributed by atoms with van der Waals surface area (Å²) < 4.78 is 5.44. The average Bonchev–Trinajstić information content (AvgIpc) is 3.31. The van der Waals surface area contributed by atoms with E-state index in [0.29, 0.717) is 43.0 Å². The van der Waals surface area contributed by atoms with Crippen LogP contribution in [0.5, 0.6) is 0 Å². The van der Waals surface area contributed by atoms with Gasteiger partial charge in [-0.3, -0.25) is 19.3 Å². The van der Waals surface area contributed by atoms with E-state index in [1.807, 2.05) is 43.3 Å². The quantitative estimate of drug-likeness (QED) is 0.328. The second kappa shape index (κ2) is 10.7. The molecule has 2 aromatic carbocycles. The molecule has 0 bridgehead atoms. The summed E-state index contributed by atoms with van der Waals surface area (Å²) in [6.07, 6.45) is 2.25. The minimum atomic E-state index is -1.70. The summed E-state index contributed by atoms with van der Waals surface area (Å²) in [5.41, 5.74) is 0.806. The number of likely N-dealkylation sites (tertiary alicyclic amines) is 1. The van der Waals surface area contributed by atoms with Gasteiger partial charge in [-0.2, -0.15) is 0 Å². The predicted octanol–water partition coefficient (Wildman–Crippen LogP) is 3.44. The lowest BCUT2D eigenvalue weighted by molar-refractivity contribution is -0.143. The van der Waals surface area contributed by atoms with E-state index in [0.717, 1.165) is 38.0 Å². The first-order chi connectivity index (χ1) is 18.4.